The first kappa shape index (κ1) is 15.3. The Kier molecular flexibility index (Phi) is 4.09. The second-order valence-electron chi connectivity index (χ2n) is 5.82. The van der Waals surface area contributed by atoms with E-state index in [-0.39, 0.29) is 11.5 Å². The lowest BCUT2D eigenvalue weighted by atomic mass is 9.77. The van der Waals surface area contributed by atoms with Crippen LogP contribution in [0.25, 0.3) is 0 Å². The Bertz CT molecular complexity index is 475. The maximum atomic E-state index is 13.4. The molecule has 0 bridgehead atoms. The topological polar surface area (TPSA) is 12.0 Å². The molecule has 1 saturated carbocycles. The number of rotatable bonds is 3. The molecule has 0 heterocycles. The molecule has 0 spiro atoms. The molecular formula is C15H19F4N. The highest BCUT2D eigenvalue weighted by Crippen LogP contribution is 2.47. The molecule has 0 amide bonds. The molecule has 1 nitrogen and oxygen atoms in total. The lowest BCUT2D eigenvalue weighted by Crippen LogP contribution is -2.32. The van der Waals surface area contributed by atoms with Crippen molar-refractivity contribution in [3.63, 3.8) is 0 Å². The van der Waals surface area contributed by atoms with E-state index < -0.39 is 17.6 Å². The van der Waals surface area contributed by atoms with Gasteiger partial charge in [-0.05, 0) is 43.0 Å². The number of hydrogen-bond acceptors (Lipinski definition) is 1. The summed E-state index contributed by atoms with van der Waals surface area (Å²) in [6.07, 6.45) is -0.548. The highest BCUT2D eigenvalue weighted by Gasteiger charge is 2.39. The van der Waals surface area contributed by atoms with Crippen molar-refractivity contribution in [1.82, 2.24) is 5.32 Å². The molecule has 1 aliphatic rings. The second-order valence-corrected chi connectivity index (χ2v) is 5.82. The zero-order chi connectivity index (χ0) is 15.0. The van der Waals surface area contributed by atoms with Gasteiger partial charge in [-0.1, -0.05) is 25.8 Å². The molecule has 1 aromatic carbocycles. The summed E-state index contributed by atoms with van der Waals surface area (Å²) in [7, 11) is 1.74. The molecule has 0 saturated heterocycles. The van der Waals surface area contributed by atoms with E-state index in [2.05, 4.69) is 12.2 Å². The fourth-order valence-corrected chi connectivity index (χ4v) is 3.33. The first-order valence-corrected chi connectivity index (χ1v) is 6.82. The zero-order valence-corrected chi connectivity index (χ0v) is 11.6. The normalized spacial score (nSPS) is 20.1. The van der Waals surface area contributed by atoms with Crippen molar-refractivity contribution in [3.05, 3.63) is 35.1 Å². The van der Waals surface area contributed by atoms with Crippen molar-refractivity contribution in [1.29, 1.82) is 0 Å². The Morgan fingerprint density at radius 2 is 1.80 bits per heavy atom. The molecule has 5 heteroatoms. The molecule has 1 fully saturated rings. The van der Waals surface area contributed by atoms with Crippen LogP contribution in [0, 0.1) is 11.2 Å². The predicted molar refractivity (Wildman–Crippen MR) is 69.8 cm³/mol. The Hall–Kier alpha value is -1.10. The van der Waals surface area contributed by atoms with Crippen LogP contribution in [0.4, 0.5) is 17.6 Å². The van der Waals surface area contributed by atoms with Crippen molar-refractivity contribution < 1.29 is 17.6 Å². The summed E-state index contributed by atoms with van der Waals surface area (Å²) in [6.45, 7) is 2.08. The van der Waals surface area contributed by atoms with Gasteiger partial charge in [-0.2, -0.15) is 13.2 Å². The summed E-state index contributed by atoms with van der Waals surface area (Å²) in [6, 6.07) is 3.13. The van der Waals surface area contributed by atoms with Gasteiger partial charge in [-0.3, -0.25) is 0 Å². The first-order chi connectivity index (χ1) is 9.28. The van der Waals surface area contributed by atoms with E-state index in [0.717, 1.165) is 37.8 Å². The van der Waals surface area contributed by atoms with Crippen LogP contribution in [-0.4, -0.2) is 7.05 Å². The van der Waals surface area contributed by atoms with Gasteiger partial charge in [0, 0.05) is 6.04 Å². The molecule has 2 rings (SSSR count). The Balaban J connectivity index is 2.41. The smallest absolute Gasteiger partial charge is 0.313 e. The summed E-state index contributed by atoms with van der Waals surface area (Å²) in [5.74, 6) is -1.22. The zero-order valence-electron chi connectivity index (χ0n) is 11.6. The molecule has 0 radical (unpaired) electrons. The summed E-state index contributed by atoms with van der Waals surface area (Å²) in [5.41, 5.74) is -0.752. The molecule has 112 valence electrons. The molecule has 1 aromatic rings. The van der Waals surface area contributed by atoms with Gasteiger partial charge in [0.2, 0.25) is 0 Å². The van der Waals surface area contributed by atoms with E-state index in [4.69, 9.17) is 0 Å². The van der Waals surface area contributed by atoms with Crippen LogP contribution in [0.5, 0.6) is 0 Å². The van der Waals surface area contributed by atoms with Crippen LogP contribution in [0.1, 0.15) is 49.8 Å². The van der Waals surface area contributed by atoms with E-state index in [1.807, 2.05) is 0 Å². The lowest BCUT2D eigenvalue weighted by molar-refractivity contribution is -0.140. The molecule has 1 unspecified atom stereocenters. The lowest BCUT2D eigenvalue weighted by Gasteiger charge is -2.34. The van der Waals surface area contributed by atoms with Gasteiger partial charge in [0.05, 0.1) is 5.56 Å². The van der Waals surface area contributed by atoms with Gasteiger partial charge in [-0.25, -0.2) is 4.39 Å². The van der Waals surface area contributed by atoms with Crippen LogP contribution in [0.3, 0.4) is 0 Å². The van der Waals surface area contributed by atoms with Crippen LogP contribution >= 0.6 is 0 Å². The SMILES string of the molecule is CNC(c1ccc(F)c(C(F)(F)F)c1)C1(C)CCCC1. The third-order valence-electron chi connectivity index (χ3n) is 4.36. The molecule has 20 heavy (non-hydrogen) atoms. The number of alkyl halides is 3. The Labute approximate surface area is 116 Å². The van der Waals surface area contributed by atoms with Crippen LogP contribution in [0.2, 0.25) is 0 Å². The third-order valence-corrected chi connectivity index (χ3v) is 4.36. The van der Waals surface area contributed by atoms with E-state index >= 15 is 0 Å². The van der Waals surface area contributed by atoms with Gasteiger partial charge in [-0.15, -0.1) is 0 Å². The number of hydrogen-bond donors (Lipinski definition) is 1. The van der Waals surface area contributed by atoms with Crippen LogP contribution in [-0.2, 0) is 6.18 Å². The van der Waals surface area contributed by atoms with Gasteiger partial charge in [0.15, 0.2) is 0 Å². The minimum Gasteiger partial charge on any atom is -0.313 e. The third kappa shape index (κ3) is 2.82. The molecule has 0 aliphatic heterocycles. The van der Waals surface area contributed by atoms with Gasteiger partial charge >= 0.3 is 6.18 Å². The minimum absolute atomic E-state index is 0.0740. The highest BCUT2D eigenvalue weighted by atomic mass is 19.4. The monoisotopic (exact) mass is 289 g/mol. The maximum Gasteiger partial charge on any atom is 0.419 e. The van der Waals surface area contributed by atoms with Crippen LogP contribution in [0.15, 0.2) is 18.2 Å². The number of benzene rings is 1. The summed E-state index contributed by atoms with van der Waals surface area (Å²) < 4.78 is 51.8. The summed E-state index contributed by atoms with van der Waals surface area (Å²) in [4.78, 5) is 0. The van der Waals surface area contributed by atoms with E-state index in [9.17, 15) is 17.6 Å². The minimum atomic E-state index is -4.66. The molecule has 1 aliphatic carbocycles. The quantitative estimate of drug-likeness (QED) is 0.796. The predicted octanol–water partition coefficient (Wildman–Crippen LogP) is 4.69. The maximum absolute atomic E-state index is 13.4. The average Bonchev–Trinajstić information content (AvgIpc) is 2.78. The first-order valence-electron chi connectivity index (χ1n) is 6.82. The summed E-state index contributed by atoms with van der Waals surface area (Å²) >= 11 is 0. The molecule has 1 N–H and O–H groups in total. The fourth-order valence-electron chi connectivity index (χ4n) is 3.33. The van der Waals surface area contributed by atoms with E-state index in [0.29, 0.717) is 5.56 Å². The standard InChI is InChI=1S/C15H19F4N/c1-14(7-3-4-8-14)13(20-2)10-5-6-12(16)11(9-10)15(17,18)19/h5-6,9,13,20H,3-4,7-8H2,1-2H3. The van der Waals surface area contributed by atoms with Crippen molar-refractivity contribution in [3.8, 4) is 0 Å². The number of nitrogens with one attached hydrogen (secondary N) is 1. The van der Waals surface area contributed by atoms with Gasteiger partial charge < -0.3 is 5.32 Å². The van der Waals surface area contributed by atoms with E-state index in [1.54, 1.807) is 7.05 Å². The second kappa shape index (κ2) is 5.35. The molecular weight excluding hydrogens is 270 g/mol. The van der Waals surface area contributed by atoms with Gasteiger partial charge in [0.25, 0.3) is 0 Å². The summed E-state index contributed by atoms with van der Waals surface area (Å²) in [5, 5.41) is 3.11. The molecule has 1 atom stereocenters. The van der Waals surface area contributed by atoms with Crippen molar-refractivity contribution in [2.24, 2.45) is 5.41 Å². The number of halogens is 4. The Morgan fingerprint density at radius 1 is 1.20 bits per heavy atom. The highest BCUT2D eigenvalue weighted by molar-refractivity contribution is 5.30. The Morgan fingerprint density at radius 3 is 2.30 bits per heavy atom. The van der Waals surface area contributed by atoms with E-state index in [1.165, 1.54) is 6.07 Å². The van der Waals surface area contributed by atoms with Crippen molar-refractivity contribution in [2.45, 2.75) is 44.8 Å². The largest absolute Gasteiger partial charge is 0.419 e. The van der Waals surface area contributed by atoms with Crippen molar-refractivity contribution >= 4 is 0 Å². The van der Waals surface area contributed by atoms with Crippen molar-refractivity contribution in [2.75, 3.05) is 7.05 Å². The fraction of sp³-hybridized carbons (Fsp3) is 0.600. The van der Waals surface area contributed by atoms with Crippen LogP contribution < -0.4 is 5.32 Å². The average molecular weight is 289 g/mol. The molecule has 0 aromatic heterocycles. The van der Waals surface area contributed by atoms with Gasteiger partial charge in [0.1, 0.15) is 5.82 Å².